The normalized spacial score (nSPS) is 11.1. The number of nitrogens with zero attached hydrogens (tertiary/aromatic N) is 6. The van der Waals surface area contributed by atoms with Gasteiger partial charge in [0.05, 0.1) is 17.2 Å². The van der Waals surface area contributed by atoms with Gasteiger partial charge in [0, 0.05) is 37.8 Å². The second-order valence-corrected chi connectivity index (χ2v) is 7.00. The predicted molar refractivity (Wildman–Crippen MR) is 112 cm³/mol. The number of carbonyl (C=O) groups excluding carboxylic acids is 1. The van der Waals surface area contributed by atoms with E-state index in [0.29, 0.717) is 29.8 Å². The largest absolute Gasteiger partial charge is 0.368 e. The van der Waals surface area contributed by atoms with Crippen LogP contribution in [-0.2, 0) is 11.3 Å². The van der Waals surface area contributed by atoms with E-state index in [0.717, 1.165) is 17.1 Å². The average molecular weight is 406 g/mol. The van der Waals surface area contributed by atoms with Crippen LogP contribution in [0.5, 0.6) is 0 Å². The third-order valence-corrected chi connectivity index (χ3v) is 4.77. The molecule has 0 atom stereocenters. The summed E-state index contributed by atoms with van der Waals surface area (Å²) in [5.74, 6) is 1.14. The number of fused-ring (bicyclic) bond motifs is 2. The molecule has 0 saturated carbocycles. The monoisotopic (exact) mass is 406 g/mol. The number of hydrogen-bond donors (Lipinski definition) is 2. The number of nitrogens with one attached hydrogen (secondary N) is 2. The van der Waals surface area contributed by atoms with Gasteiger partial charge in [-0.1, -0.05) is 12.1 Å². The number of aromatic nitrogens is 6. The molecular weight excluding hydrogens is 384 g/mol. The van der Waals surface area contributed by atoms with Crippen molar-refractivity contribution in [3.8, 4) is 0 Å². The summed E-state index contributed by atoms with van der Waals surface area (Å²) in [6, 6.07) is 7.38. The van der Waals surface area contributed by atoms with Gasteiger partial charge in [0.2, 0.25) is 5.91 Å². The van der Waals surface area contributed by atoms with E-state index in [-0.39, 0.29) is 24.4 Å². The van der Waals surface area contributed by atoms with E-state index >= 15 is 0 Å². The van der Waals surface area contributed by atoms with Crippen LogP contribution in [0.15, 0.2) is 41.7 Å². The Bertz CT molecular complexity index is 1280. The first-order chi connectivity index (χ1) is 14.5. The van der Waals surface area contributed by atoms with Crippen molar-refractivity contribution in [2.45, 2.75) is 26.8 Å². The first kappa shape index (κ1) is 19.5. The van der Waals surface area contributed by atoms with Crippen molar-refractivity contribution in [3.05, 3.63) is 58.5 Å². The molecule has 10 heteroatoms. The van der Waals surface area contributed by atoms with Crippen LogP contribution in [0.25, 0.3) is 16.7 Å². The van der Waals surface area contributed by atoms with Crippen molar-refractivity contribution in [1.29, 1.82) is 0 Å². The van der Waals surface area contributed by atoms with Crippen LogP contribution in [-0.4, -0.2) is 48.1 Å². The Balaban J connectivity index is 1.29. The maximum Gasteiger partial charge on any atom is 0.261 e. The SMILES string of the molecule is Cc1cc(NCCNC(=O)CCn2cnc3c(C)cccc3c2=O)n2ncnc2n1. The quantitative estimate of drug-likeness (QED) is 0.441. The summed E-state index contributed by atoms with van der Waals surface area (Å²) in [6.45, 7) is 5.02. The van der Waals surface area contributed by atoms with Gasteiger partial charge in [-0.25, -0.2) is 9.97 Å². The number of anilines is 1. The van der Waals surface area contributed by atoms with E-state index in [2.05, 4.69) is 30.7 Å². The molecule has 4 rings (SSSR count). The summed E-state index contributed by atoms with van der Waals surface area (Å²) in [7, 11) is 0. The minimum Gasteiger partial charge on any atom is -0.368 e. The molecule has 4 aromatic rings. The van der Waals surface area contributed by atoms with Crippen molar-refractivity contribution >= 4 is 28.4 Å². The maximum atomic E-state index is 12.6. The Labute approximate surface area is 172 Å². The van der Waals surface area contributed by atoms with Crippen molar-refractivity contribution in [2.24, 2.45) is 0 Å². The molecular formula is C20H22N8O2. The minimum atomic E-state index is -0.136. The van der Waals surface area contributed by atoms with Crippen LogP contribution >= 0.6 is 0 Å². The molecule has 1 amide bonds. The maximum absolute atomic E-state index is 12.6. The number of benzene rings is 1. The van der Waals surface area contributed by atoms with Crippen molar-refractivity contribution < 1.29 is 4.79 Å². The Morgan fingerprint density at radius 3 is 2.90 bits per heavy atom. The number of rotatable bonds is 7. The topological polar surface area (TPSA) is 119 Å². The first-order valence-corrected chi connectivity index (χ1v) is 9.65. The van der Waals surface area contributed by atoms with Crippen LogP contribution in [0.3, 0.4) is 0 Å². The summed E-state index contributed by atoms with van der Waals surface area (Å²) >= 11 is 0. The molecule has 0 aliphatic heterocycles. The smallest absolute Gasteiger partial charge is 0.261 e. The molecule has 0 bridgehead atoms. The molecule has 1 aromatic carbocycles. The molecule has 154 valence electrons. The molecule has 0 fully saturated rings. The Morgan fingerprint density at radius 1 is 1.17 bits per heavy atom. The Hall–Kier alpha value is -3.82. The molecule has 0 unspecified atom stereocenters. The number of aryl methyl sites for hydroxylation is 3. The molecule has 0 aliphatic carbocycles. The van der Waals surface area contributed by atoms with Crippen molar-refractivity contribution in [2.75, 3.05) is 18.4 Å². The lowest BCUT2D eigenvalue weighted by Gasteiger charge is -2.10. The summed E-state index contributed by atoms with van der Waals surface area (Å²) in [6.07, 6.45) is 3.14. The second-order valence-electron chi connectivity index (χ2n) is 7.00. The fourth-order valence-corrected chi connectivity index (χ4v) is 3.26. The summed E-state index contributed by atoms with van der Waals surface area (Å²) in [5.41, 5.74) is 2.34. The van der Waals surface area contributed by atoms with Gasteiger partial charge < -0.3 is 10.6 Å². The number of para-hydroxylation sites is 1. The second kappa shape index (κ2) is 8.27. The van der Waals surface area contributed by atoms with Crippen LogP contribution in [0.1, 0.15) is 17.7 Å². The zero-order valence-electron chi connectivity index (χ0n) is 16.8. The number of hydrogen-bond acceptors (Lipinski definition) is 7. The van der Waals surface area contributed by atoms with E-state index in [1.807, 2.05) is 32.0 Å². The fourth-order valence-electron chi connectivity index (χ4n) is 3.26. The molecule has 0 aliphatic rings. The fraction of sp³-hybridized carbons (Fsp3) is 0.300. The van der Waals surface area contributed by atoms with Crippen LogP contribution in [0.4, 0.5) is 5.82 Å². The van der Waals surface area contributed by atoms with Gasteiger partial charge in [-0.2, -0.15) is 14.6 Å². The van der Waals surface area contributed by atoms with E-state index < -0.39 is 0 Å². The van der Waals surface area contributed by atoms with Gasteiger partial charge in [-0.05, 0) is 25.5 Å². The van der Waals surface area contributed by atoms with Gasteiger partial charge >= 0.3 is 0 Å². The predicted octanol–water partition coefficient (Wildman–Crippen LogP) is 1.07. The zero-order chi connectivity index (χ0) is 21.1. The van der Waals surface area contributed by atoms with Crippen LogP contribution in [0.2, 0.25) is 0 Å². The number of carbonyl (C=O) groups is 1. The lowest BCUT2D eigenvalue weighted by atomic mass is 10.1. The van der Waals surface area contributed by atoms with Crippen LogP contribution in [0, 0.1) is 13.8 Å². The highest BCUT2D eigenvalue weighted by Crippen LogP contribution is 2.11. The summed E-state index contributed by atoms with van der Waals surface area (Å²) in [5, 5.41) is 10.8. The van der Waals surface area contributed by atoms with Crippen molar-refractivity contribution in [3.63, 3.8) is 0 Å². The molecule has 0 radical (unpaired) electrons. The molecule has 2 N–H and O–H groups in total. The molecule has 30 heavy (non-hydrogen) atoms. The lowest BCUT2D eigenvalue weighted by molar-refractivity contribution is -0.121. The first-order valence-electron chi connectivity index (χ1n) is 9.65. The van der Waals surface area contributed by atoms with Gasteiger partial charge in [-0.3, -0.25) is 14.2 Å². The minimum absolute atomic E-state index is 0.134. The van der Waals surface area contributed by atoms with Crippen molar-refractivity contribution in [1.82, 2.24) is 34.4 Å². The Kier molecular flexibility index (Phi) is 5.38. The molecule has 3 heterocycles. The zero-order valence-corrected chi connectivity index (χ0v) is 16.8. The average Bonchev–Trinajstić information content (AvgIpc) is 3.19. The molecule has 0 saturated heterocycles. The standard InChI is InChI=1S/C20H22N8O2/c1-13-4-3-5-15-18(13)24-12-27(19(15)30)9-6-17(29)22-8-7-21-16-10-14(2)26-20-23-11-25-28(16)20/h3-5,10-12,21H,6-9H2,1-2H3,(H,22,29). The van der Waals surface area contributed by atoms with Gasteiger partial charge in [0.1, 0.15) is 12.1 Å². The lowest BCUT2D eigenvalue weighted by Crippen LogP contribution is -2.31. The van der Waals surface area contributed by atoms with Gasteiger partial charge in [0.15, 0.2) is 0 Å². The number of amides is 1. The highest BCUT2D eigenvalue weighted by molar-refractivity contribution is 5.80. The van der Waals surface area contributed by atoms with E-state index in [1.54, 1.807) is 10.6 Å². The molecule has 10 nitrogen and oxygen atoms in total. The van der Waals surface area contributed by atoms with Gasteiger partial charge in [0.25, 0.3) is 11.3 Å². The third kappa shape index (κ3) is 3.97. The van der Waals surface area contributed by atoms with Crippen LogP contribution < -0.4 is 16.2 Å². The highest BCUT2D eigenvalue weighted by atomic mass is 16.1. The van der Waals surface area contributed by atoms with E-state index in [1.165, 1.54) is 17.2 Å². The Morgan fingerprint density at radius 2 is 2.03 bits per heavy atom. The van der Waals surface area contributed by atoms with E-state index in [4.69, 9.17) is 0 Å². The molecule has 3 aromatic heterocycles. The summed E-state index contributed by atoms with van der Waals surface area (Å²) < 4.78 is 3.08. The molecule has 0 spiro atoms. The van der Waals surface area contributed by atoms with E-state index in [9.17, 15) is 9.59 Å². The summed E-state index contributed by atoms with van der Waals surface area (Å²) in [4.78, 5) is 37.5. The third-order valence-electron chi connectivity index (χ3n) is 4.77. The highest BCUT2D eigenvalue weighted by Gasteiger charge is 2.08. The van der Waals surface area contributed by atoms with Gasteiger partial charge in [-0.15, -0.1) is 0 Å².